The minimum absolute atomic E-state index is 0.106. The highest BCUT2D eigenvalue weighted by Gasteiger charge is 2.08. The highest BCUT2D eigenvalue weighted by atomic mass is 19.1. The van der Waals surface area contributed by atoms with Crippen molar-refractivity contribution in [1.82, 2.24) is 10.2 Å². The predicted octanol–water partition coefficient (Wildman–Crippen LogP) is 3.00. The molecule has 6 heteroatoms. The Morgan fingerprint density at radius 1 is 1.04 bits per heavy atom. The number of hydrogen-bond donors (Lipinski definition) is 1. The number of hydrogen-bond acceptors (Lipinski definition) is 2. The molecule has 25 heavy (non-hydrogen) atoms. The minimum Gasteiger partial charge on any atom is -0.348 e. The molecule has 0 bridgehead atoms. The standard InChI is InChI=1S/C19H18F2N2O2/c1-23(2)19(25)14-8-6-13(7-9-14)12-22-18(24)11-10-15-16(20)4-3-5-17(15)21/h3-11H,12H2,1-2H3,(H,22,24)/b11-10+. The van der Waals surface area contributed by atoms with Crippen molar-refractivity contribution < 1.29 is 18.4 Å². The van der Waals surface area contributed by atoms with Crippen molar-refractivity contribution in [2.45, 2.75) is 6.54 Å². The molecule has 0 aliphatic heterocycles. The van der Waals surface area contributed by atoms with Gasteiger partial charge >= 0.3 is 0 Å². The van der Waals surface area contributed by atoms with Gasteiger partial charge in [0.1, 0.15) is 11.6 Å². The first-order valence-corrected chi connectivity index (χ1v) is 7.59. The first-order chi connectivity index (χ1) is 11.9. The number of carbonyl (C=O) groups excluding carboxylic acids is 2. The Labute approximate surface area is 144 Å². The molecule has 0 heterocycles. The molecule has 0 atom stereocenters. The van der Waals surface area contributed by atoms with Crippen molar-refractivity contribution in [3.8, 4) is 0 Å². The molecule has 0 aliphatic carbocycles. The third kappa shape index (κ3) is 4.97. The van der Waals surface area contributed by atoms with Gasteiger partial charge in [-0.05, 0) is 35.9 Å². The van der Waals surface area contributed by atoms with Gasteiger partial charge in [-0.3, -0.25) is 9.59 Å². The Balaban J connectivity index is 1.94. The molecule has 4 nitrogen and oxygen atoms in total. The third-order valence-electron chi connectivity index (χ3n) is 3.47. The number of benzene rings is 2. The first kappa shape index (κ1) is 18.3. The van der Waals surface area contributed by atoms with Crippen LogP contribution in [0.15, 0.2) is 48.5 Å². The largest absolute Gasteiger partial charge is 0.348 e. The van der Waals surface area contributed by atoms with Gasteiger partial charge in [-0.25, -0.2) is 8.78 Å². The molecule has 0 spiro atoms. The van der Waals surface area contributed by atoms with Gasteiger partial charge in [-0.1, -0.05) is 18.2 Å². The first-order valence-electron chi connectivity index (χ1n) is 7.59. The fourth-order valence-corrected chi connectivity index (χ4v) is 2.10. The highest BCUT2D eigenvalue weighted by molar-refractivity contribution is 5.94. The van der Waals surface area contributed by atoms with E-state index in [2.05, 4.69) is 5.32 Å². The number of nitrogens with one attached hydrogen (secondary N) is 1. The highest BCUT2D eigenvalue weighted by Crippen LogP contribution is 2.13. The molecule has 0 aromatic heterocycles. The van der Waals surface area contributed by atoms with Crippen molar-refractivity contribution >= 4 is 17.9 Å². The molecule has 2 aromatic carbocycles. The lowest BCUT2D eigenvalue weighted by molar-refractivity contribution is -0.116. The molecule has 2 rings (SSSR count). The summed E-state index contributed by atoms with van der Waals surface area (Å²) in [6.45, 7) is 0.235. The molecule has 0 aliphatic rings. The number of rotatable bonds is 5. The summed E-state index contributed by atoms with van der Waals surface area (Å²) in [4.78, 5) is 25.0. The fraction of sp³-hybridized carbons (Fsp3) is 0.158. The van der Waals surface area contributed by atoms with Crippen molar-refractivity contribution in [2.75, 3.05) is 14.1 Å². The molecule has 130 valence electrons. The lowest BCUT2D eigenvalue weighted by atomic mass is 10.1. The van der Waals surface area contributed by atoms with E-state index in [0.717, 1.165) is 29.8 Å². The third-order valence-corrected chi connectivity index (χ3v) is 3.47. The van der Waals surface area contributed by atoms with Crippen molar-refractivity contribution in [1.29, 1.82) is 0 Å². The van der Waals surface area contributed by atoms with Gasteiger partial charge in [0.25, 0.3) is 5.91 Å². The summed E-state index contributed by atoms with van der Waals surface area (Å²) < 4.78 is 26.9. The zero-order chi connectivity index (χ0) is 18.4. The average Bonchev–Trinajstić information content (AvgIpc) is 2.59. The van der Waals surface area contributed by atoms with E-state index in [1.165, 1.54) is 11.0 Å². The summed E-state index contributed by atoms with van der Waals surface area (Å²) in [5.41, 5.74) is 1.09. The fourth-order valence-electron chi connectivity index (χ4n) is 2.10. The van der Waals surface area contributed by atoms with E-state index in [1.807, 2.05) is 0 Å². The smallest absolute Gasteiger partial charge is 0.253 e. The van der Waals surface area contributed by atoms with Crippen LogP contribution in [0.5, 0.6) is 0 Å². The van der Waals surface area contributed by atoms with Crippen LogP contribution in [0.4, 0.5) is 8.78 Å². The van der Waals surface area contributed by atoms with E-state index in [9.17, 15) is 18.4 Å². The second-order valence-electron chi connectivity index (χ2n) is 5.58. The Hall–Kier alpha value is -3.02. The Morgan fingerprint density at radius 3 is 2.20 bits per heavy atom. The predicted molar refractivity (Wildman–Crippen MR) is 91.7 cm³/mol. The molecule has 0 radical (unpaired) electrons. The SMILES string of the molecule is CN(C)C(=O)c1ccc(CNC(=O)/C=C/c2c(F)cccc2F)cc1. The maximum Gasteiger partial charge on any atom is 0.253 e. The summed E-state index contributed by atoms with van der Waals surface area (Å²) in [5.74, 6) is -2.04. The van der Waals surface area contributed by atoms with E-state index in [-0.39, 0.29) is 18.0 Å². The van der Waals surface area contributed by atoms with Gasteiger partial charge in [0.05, 0.1) is 0 Å². The number of nitrogens with zero attached hydrogens (tertiary/aromatic N) is 1. The van der Waals surface area contributed by atoms with E-state index in [0.29, 0.717) is 5.56 Å². The maximum absolute atomic E-state index is 13.5. The molecule has 2 amide bonds. The van der Waals surface area contributed by atoms with Gasteiger partial charge in [0.15, 0.2) is 0 Å². The van der Waals surface area contributed by atoms with Crippen LogP contribution in [0.25, 0.3) is 6.08 Å². The van der Waals surface area contributed by atoms with Crippen molar-refractivity contribution in [3.63, 3.8) is 0 Å². The van der Waals surface area contributed by atoms with Gasteiger partial charge in [0.2, 0.25) is 5.91 Å². The van der Waals surface area contributed by atoms with Crippen LogP contribution in [-0.2, 0) is 11.3 Å². The topological polar surface area (TPSA) is 49.4 Å². The van der Waals surface area contributed by atoms with Crippen molar-refractivity contribution in [2.24, 2.45) is 0 Å². The van der Waals surface area contributed by atoms with Crippen LogP contribution < -0.4 is 5.32 Å². The Morgan fingerprint density at radius 2 is 1.64 bits per heavy atom. The summed E-state index contributed by atoms with van der Waals surface area (Å²) >= 11 is 0. The summed E-state index contributed by atoms with van der Waals surface area (Å²) in [6.07, 6.45) is 2.17. The second kappa shape index (κ2) is 8.19. The van der Waals surface area contributed by atoms with Gasteiger partial charge < -0.3 is 10.2 Å². The van der Waals surface area contributed by atoms with E-state index < -0.39 is 17.5 Å². The summed E-state index contributed by atoms with van der Waals surface area (Å²) in [7, 11) is 3.34. The monoisotopic (exact) mass is 344 g/mol. The number of carbonyl (C=O) groups is 2. The van der Waals surface area contributed by atoms with Crippen LogP contribution in [0.2, 0.25) is 0 Å². The quantitative estimate of drug-likeness (QED) is 0.848. The van der Waals surface area contributed by atoms with E-state index >= 15 is 0 Å². The van der Waals surface area contributed by atoms with Gasteiger partial charge in [0, 0.05) is 37.8 Å². The lowest BCUT2D eigenvalue weighted by Gasteiger charge is -2.10. The van der Waals surface area contributed by atoms with Crippen LogP contribution in [0.3, 0.4) is 0 Å². The van der Waals surface area contributed by atoms with Crippen LogP contribution in [-0.4, -0.2) is 30.8 Å². The van der Waals surface area contributed by atoms with Gasteiger partial charge in [-0.2, -0.15) is 0 Å². The molecular weight excluding hydrogens is 326 g/mol. The number of amides is 2. The lowest BCUT2D eigenvalue weighted by Crippen LogP contribution is -2.22. The van der Waals surface area contributed by atoms with E-state index in [4.69, 9.17) is 0 Å². The van der Waals surface area contributed by atoms with Crippen LogP contribution >= 0.6 is 0 Å². The molecule has 2 aromatic rings. The van der Waals surface area contributed by atoms with E-state index in [1.54, 1.807) is 38.4 Å². The molecule has 0 saturated carbocycles. The number of halogens is 2. The molecule has 0 saturated heterocycles. The average molecular weight is 344 g/mol. The molecule has 0 fully saturated rings. The summed E-state index contributed by atoms with van der Waals surface area (Å²) in [6, 6.07) is 10.3. The Kier molecular flexibility index (Phi) is 6.00. The van der Waals surface area contributed by atoms with Crippen LogP contribution in [0.1, 0.15) is 21.5 Å². The zero-order valence-electron chi connectivity index (χ0n) is 13.9. The molecule has 1 N–H and O–H groups in total. The normalized spacial score (nSPS) is 10.7. The van der Waals surface area contributed by atoms with Crippen LogP contribution in [0, 0.1) is 11.6 Å². The molecule has 0 unspecified atom stereocenters. The minimum atomic E-state index is -0.731. The summed E-state index contributed by atoms with van der Waals surface area (Å²) in [5, 5.41) is 2.61. The second-order valence-corrected chi connectivity index (χ2v) is 5.58. The van der Waals surface area contributed by atoms with Gasteiger partial charge in [-0.15, -0.1) is 0 Å². The maximum atomic E-state index is 13.5. The molecular formula is C19H18F2N2O2. The zero-order valence-corrected chi connectivity index (χ0v) is 13.9. The Bertz CT molecular complexity index is 779. The van der Waals surface area contributed by atoms with Crippen molar-refractivity contribution in [3.05, 3.63) is 76.9 Å².